The second-order valence-corrected chi connectivity index (χ2v) is 5.63. The fourth-order valence-electron chi connectivity index (χ4n) is 1.15. The fourth-order valence-corrected chi connectivity index (χ4v) is 2.87. The highest BCUT2D eigenvalue weighted by molar-refractivity contribution is 7.58. The van der Waals surface area contributed by atoms with Crippen LogP contribution in [0.5, 0.6) is 0 Å². The predicted octanol–water partition coefficient (Wildman–Crippen LogP) is 3.95. The zero-order valence-electron chi connectivity index (χ0n) is 11.1. The molecule has 4 nitrogen and oxygen atoms in total. The van der Waals surface area contributed by atoms with Crippen molar-refractivity contribution in [3.05, 3.63) is 24.2 Å². The van der Waals surface area contributed by atoms with Gasteiger partial charge in [0.25, 0.3) is 0 Å². The predicted molar refractivity (Wildman–Crippen MR) is 69.9 cm³/mol. The summed E-state index contributed by atoms with van der Waals surface area (Å²) in [4.78, 5) is 0. The highest BCUT2D eigenvalue weighted by Crippen LogP contribution is 2.56. The van der Waals surface area contributed by atoms with Gasteiger partial charge >= 0.3 is 7.60 Å². The van der Waals surface area contributed by atoms with Gasteiger partial charge < -0.3 is 13.8 Å². The molecule has 0 aromatic carbocycles. The van der Waals surface area contributed by atoms with E-state index in [1.165, 1.54) is 0 Å². The van der Waals surface area contributed by atoms with Crippen molar-refractivity contribution in [3.63, 3.8) is 0 Å². The van der Waals surface area contributed by atoms with Gasteiger partial charge in [-0.3, -0.25) is 4.57 Å². The third-order valence-corrected chi connectivity index (χ3v) is 3.71. The topological polar surface area (TPSA) is 44.8 Å². The number of hydrogen-bond donors (Lipinski definition) is 0. The molecule has 0 heterocycles. The largest absolute Gasteiger partial charge is 0.482 e. The summed E-state index contributed by atoms with van der Waals surface area (Å²) in [6, 6.07) is 0. The number of rotatable bonds is 9. The maximum absolute atomic E-state index is 12.5. The van der Waals surface area contributed by atoms with Crippen molar-refractivity contribution in [2.24, 2.45) is 5.92 Å². The average molecular weight is 262 g/mol. The summed E-state index contributed by atoms with van der Waals surface area (Å²) in [5.74, 6) is 0.198. The van der Waals surface area contributed by atoms with E-state index in [-0.39, 0.29) is 18.0 Å². The molecule has 0 rings (SSSR count). The lowest BCUT2D eigenvalue weighted by Crippen LogP contribution is -2.03. The standard InChI is InChI=1S/C12H23O4P/c1-6-9-14-12(10-11(4)5)17(13,15-7-2)16-8-3/h6,10-11H,1,7-9H2,2-5H3/b12-10+. The molecule has 0 radical (unpaired) electrons. The van der Waals surface area contributed by atoms with Gasteiger partial charge in [-0.15, -0.1) is 0 Å². The normalized spacial score (nSPS) is 12.9. The molecule has 0 bridgehead atoms. The van der Waals surface area contributed by atoms with Crippen LogP contribution in [-0.2, 0) is 18.3 Å². The smallest absolute Gasteiger partial charge is 0.395 e. The van der Waals surface area contributed by atoms with E-state index < -0.39 is 7.60 Å². The van der Waals surface area contributed by atoms with Crippen LogP contribution in [0.25, 0.3) is 0 Å². The Morgan fingerprint density at radius 3 is 2.18 bits per heavy atom. The second-order valence-electron chi connectivity index (χ2n) is 3.68. The number of ether oxygens (including phenoxy) is 1. The summed E-state index contributed by atoms with van der Waals surface area (Å²) in [6.45, 7) is 11.9. The first kappa shape index (κ1) is 16.4. The summed E-state index contributed by atoms with van der Waals surface area (Å²) in [5, 5.41) is 0. The van der Waals surface area contributed by atoms with E-state index in [1.807, 2.05) is 13.8 Å². The lowest BCUT2D eigenvalue weighted by Gasteiger charge is -2.20. The molecule has 0 N–H and O–H groups in total. The van der Waals surface area contributed by atoms with Gasteiger partial charge in [0.2, 0.25) is 5.50 Å². The summed E-state index contributed by atoms with van der Waals surface area (Å²) >= 11 is 0. The fraction of sp³-hybridized carbons (Fsp3) is 0.667. The van der Waals surface area contributed by atoms with Crippen LogP contribution in [0, 0.1) is 5.92 Å². The minimum Gasteiger partial charge on any atom is -0.482 e. The highest BCUT2D eigenvalue weighted by Gasteiger charge is 2.31. The molecule has 0 saturated carbocycles. The third-order valence-electron chi connectivity index (χ3n) is 1.69. The average Bonchev–Trinajstić information content (AvgIpc) is 2.24. The first-order valence-corrected chi connectivity index (χ1v) is 7.39. The van der Waals surface area contributed by atoms with Crippen LogP contribution in [0.4, 0.5) is 0 Å². The quantitative estimate of drug-likeness (QED) is 0.358. The summed E-state index contributed by atoms with van der Waals surface area (Å²) in [7, 11) is -3.32. The molecule has 17 heavy (non-hydrogen) atoms. The van der Waals surface area contributed by atoms with Gasteiger partial charge in [-0.1, -0.05) is 26.5 Å². The molecule has 0 atom stereocenters. The lowest BCUT2D eigenvalue weighted by atomic mass is 10.2. The van der Waals surface area contributed by atoms with Crippen LogP contribution < -0.4 is 0 Å². The zero-order valence-corrected chi connectivity index (χ0v) is 12.0. The molecule has 0 aromatic rings. The molecule has 5 heteroatoms. The Morgan fingerprint density at radius 1 is 1.29 bits per heavy atom. The minimum absolute atomic E-state index is 0.198. The van der Waals surface area contributed by atoms with Crippen molar-refractivity contribution in [2.45, 2.75) is 27.7 Å². The molecule has 0 aliphatic heterocycles. The molecule has 0 amide bonds. The van der Waals surface area contributed by atoms with E-state index in [4.69, 9.17) is 13.8 Å². The first-order valence-electron chi connectivity index (χ1n) is 5.85. The van der Waals surface area contributed by atoms with Crippen LogP contribution in [0.1, 0.15) is 27.7 Å². The Morgan fingerprint density at radius 2 is 1.82 bits per heavy atom. The van der Waals surface area contributed by atoms with Crippen molar-refractivity contribution < 1.29 is 18.3 Å². The first-order chi connectivity index (χ1) is 8.00. The van der Waals surface area contributed by atoms with Crippen molar-refractivity contribution in [2.75, 3.05) is 19.8 Å². The maximum Gasteiger partial charge on any atom is 0.395 e. The van der Waals surface area contributed by atoms with Crippen LogP contribution in [0.2, 0.25) is 0 Å². The van der Waals surface area contributed by atoms with Gasteiger partial charge in [0.05, 0.1) is 13.2 Å². The molecule has 0 aliphatic carbocycles. The molecule has 0 aromatic heterocycles. The number of hydrogen-bond acceptors (Lipinski definition) is 4. The molecule has 0 spiro atoms. The van der Waals surface area contributed by atoms with Crippen molar-refractivity contribution in [1.82, 2.24) is 0 Å². The Hall–Kier alpha value is -0.570. The van der Waals surface area contributed by atoms with Gasteiger partial charge in [-0.25, -0.2) is 0 Å². The van der Waals surface area contributed by atoms with Gasteiger partial charge in [0.1, 0.15) is 6.61 Å². The Kier molecular flexibility index (Phi) is 8.23. The van der Waals surface area contributed by atoms with Crippen molar-refractivity contribution in [3.8, 4) is 0 Å². The van der Waals surface area contributed by atoms with Gasteiger partial charge in [-0.2, -0.15) is 0 Å². The van der Waals surface area contributed by atoms with Gasteiger partial charge in [0, 0.05) is 0 Å². The highest BCUT2D eigenvalue weighted by atomic mass is 31.2. The molecule has 100 valence electrons. The summed E-state index contributed by atoms with van der Waals surface area (Å²) in [6.07, 6.45) is 3.35. The van der Waals surface area contributed by atoms with Crippen LogP contribution in [-0.4, -0.2) is 19.8 Å². The Labute approximate surface area is 104 Å². The molecule has 0 aliphatic rings. The van der Waals surface area contributed by atoms with Crippen LogP contribution in [0.15, 0.2) is 24.2 Å². The molecule has 0 saturated heterocycles. The van der Waals surface area contributed by atoms with Crippen molar-refractivity contribution in [1.29, 1.82) is 0 Å². The van der Waals surface area contributed by atoms with Crippen LogP contribution >= 0.6 is 7.60 Å². The molecule has 0 fully saturated rings. The van der Waals surface area contributed by atoms with Gasteiger partial charge in [-0.05, 0) is 25.8 Å². The summed E-state index contributed by atoms with van der Waals surface area (Å²) in [5.41, 5.74) is 0.274. The van der Waals surface area contributed by atoms with E-state index in [0.29, 0.717) is 13.2 Å². The second kappa shape index (κ2) is 8.51. The van der Waals surface area contributed by atoms with E-state index >= 15 is 0 Å². The lowest BCUT2D eigenvalue weighted by molar-refractivity contribution is 0.188. The van der Waals surface area contributed by atoms with E-state index in [0.717, 1.165) is 0 Å². The molecular weight excluding hydrogens is 239 g/mol. The van der Waals surface area contributed by atoms with E-state index in [2.05, 4.69) is 6.58 Å². The van der Waals surface area contributed by atoms with Gasteiger partial charge in [0.15, 0.2) is 0 Å². The molecule has 0 unspecified atom stereocenters. The monoisotopic (exact) mass is 262 g/mol. The Balaban J connectivity index is 5.06. The SMILES string of the molecule is C=CCO/C(=C\C(C)C)P(=O)(OCC)OCC. The van der Waals surface area contributed by atoms with Crippen LogP contribution in [0.3, 0.4) is 0 Å². The Bertz CT molecular complexity index is 287. The zero-order chi connectivity index (χ0) is 13.3. The van der Waals surface area contributed by atoms with E-state index in [9.17, 15) is 4.57 Å². The maximum atomic E-state index is 12.5. The minimum atomic E-state index is -3.32. The van der Waals surface area contributed by atoms with E-state index in [1.54, 1.807) is 26.0 Å². The summed E-state index contributed by atoms with van der Waals surface area (Å²) < 4.78 is 28.4. The third kappa shape index (κ3) is 6.06. The molecular formula is C12H23O4P. The number of allylic oxidation sites excluding steroid dienone is 1. The van der Waals surface area contributed by atoms with Crippen molar-refractivity contribution >= 4 is 7.60 Å².